The van der Waals surface area contributed by atoms with Crippen molar-refractivity contribution in [2.45, 2.75) is 24.7 Å². The van der Waals surface area contributed by atoms with Gasteiger partial charge < -0.3 is 10.6 Å². The number of benzene rings is 1. The van der Waals surface area contributed by atoms with Gasteiger partial charge in [0.1, 0.15) is 0 Å². The van der Waals surface area contributed by atoms with Crippen molar-refractivity contribution in [2.24, 2.45) is 10.7 Å². The Morgan fingerprint density at radius 1 is 1.27 bits per heavy atom. The lowest BCUT2D eigenvalue weighted by Crippen LogP contribution is -2.44. The molecule has 2 aliphatic rings. The SMILES string of the molecule is I.NC(=NCC1(c2ccccc2Cl)CCC1)N1CCSCC1. The van der Waals surface area contributed by atoms with Gasteiger partial charge in [0.2, 0.25) is 0 Å². The molecule has 1 saturated heterocycles. The molecule has 0 radical (unpaired) electrons. The molecule has 1 aromatic carbocycles. The fourth-order valence-corrected chi connectivity index (χ4v) is 4.37. The largest absolute Gasteiger partial charge is 0.370 e. The molecule has 1 saturated carbocycles. The molecule has 2 N–H and O–H groups in total. The van der Waals surface area contributed by atoms with E-state index < -0.39 is 0 Å². The van der Waals surface area contributed by atoms with Crippen molar-refractivity contribution in [1.82, 2.24) is 4.90 Å². The first-order valence-corrected chi connectivity index (χ1v) is 9.12. The highest BCUT2D eigenvalue weighted by atomic mass is 127. The molecule has 0 unspecified atom stereocenters. The average molecular weight is 452 g/mol. The second kappa shape index (κ2) is 8.11. The Morgan fingerprint density at radius 2 is 1.95 bits per heavy atom. The summed E-state index contributed by atoms with van der Waals surface area (Å²) in [5.41, 5.74) is 7.53. The van der Waals surface area contributed by atoms with Crippen LogP contribution < -0.4 is 5.73 Å². The van der Waals surface area contributed by atoms with Crippen LogP contribution in [0.25, 0.3) is 0 Å². The molecule has 3 nitrogen and oxygen atoms in total. The number of nitrogens with two attached hydrogens (primary N) is 1. The number of nitrogens with zero attached hydrogens (tertiary/aromatic N) is 2. The Kier molecular flexibility index (Phi) is 6.71. The smallest absolute Gasteiger partial charge is 0.191 e. The van der Waals surface area contributed by atoms with Crippen LogP contribution in [0.15, 0.2) is 29.3 Å². The fraction of sp³-hybridized carbons (Fsp3) is 0.562. The quantitative estimate of drug-likeness (QED) is 0.432. The predicted octanol–water partition coefficient (Wildman–Crippen LogP) is 3.74. The molecule has 22 heavy (non-hydrogen) atoms. The van der Waals surface area contributed by atoms with Gasteiger partial charge >= 0.3 is 0 Å². The minimum atomic E-state index is 0. The van der Waals surface area contributed by atoms with Gasteiger partial charge in [0.15, 0.2) is 5.96 Å². The first kappa shape index (κ1) is 18.2. The third-order valence-corrected chi connectivity index (χ3v) is 5.91. The second-order valence-electron chi connectivity index (χ2n) is 5.89. The van der Waals surface area contributed by atoms with Gasteiger partial charge in [0, 0.05) is 35.0 Å². The van der Waals surface area contributed by atoms with Gasteiger partial charge in [-0.1, -0.05) is 36.2 Å². The maximum atomic E-state index is 6.39. The van der Waals surface area contributed by atoms with Crippen LogP contribution in [-0.2, 0) is 5.41 Å². The molecule has 0 aromatic heterocycles. The van der Waals surface area contributed by atoms with E-state index in [9.17, 15) is 0 Å². The molecule has 6 heteroatoms. The van der Waals surface area contributed by atoms with Crippen LogP contribution >= 0.6 is 47.3 Å². The van der Waals surface area contributed by atoms with E-state index in [2.05, 4.69) is 17.0 Å². The van der Waals surface area contributed by atoms with Crippen LogP contribution in [0.1, 0.15) is 24.8 Å². The predicted molar refractivity (Wildman–Crippen MR) is 108 cm³/mol. The molecule has 0 atom stereocenters. The summed E-state index contributed by atoms with van der Waals surface area (Å²) in [6.07, 6.45) is 3.56. The summed E-state index contributed by atoms with van der Waals surface area (Å²) in [6.45, 7) is 2.78. The molecular weight excluding hydrogens is 429 g/mol. The van der Waals surface area contributed by atoms with Gasteiger partial charge in [-0.05, 0) is 24.5 Å². The molecule has 0 bridgehead atoms. The lowest BCUT2D eigenvalue weighted by molar-refractivity contribution is 0.252. The highest BCUT2D eigenvalue weighted by Crippen LogP contribution is 2.46. The third kappa shape index (κ3) is 3.85. The van der Waals surface area contributed by atoms with E-state index in [0.717, 1.165) is 49.0 Å². The van der Waals surface area contributed by atoms with Gasteiger partial charge in [-0.15, -0.1) is 24.0 Å². The van der Waals surface area contributed by atoms with E-state index in [1.54, 1.807) is 0 Å². The number of hydrogen-bond acceptors (Lipinski definition) is 2. The second-order valence-corrected chi connectivity index (χ2v) is 7.52. The van der Waals surface area contributed by atoms with Crippen molar-refractivity contribution >= 4 is 53.3 Å². The molecule has 0 spiro atoms. The summed E-state index contributed by atoms with van der Waals surface area (Å²) < 4.78 is 0. The molecule has 122 valence electrons. The Balaban J connectivity index is 0.00000176. The van der Waals surface area contributed by atoms with Crippen LogP contribution in [0.2, 0.25) is 5.02 Å². The average Bonchev–Trinajstić information content (AvgIpc) is 2.48. The zero-order chi connectivity index (χ0) is 14.7. The van der Waals surface area contributed by atoms with E-state index in [4.69, 9.17) is 22.3 Å². The number of guanidine groups is 1. The van der Waals surface area contributed by atoms with Crippen LogP contribution in [0.4, 0.5) is 0 Å². The fourth-order valence-electron chi connectivity index (χ4n) is 3.13. The number of aliphatic imine (C=N–C) groups is 1. The van der Waals surface area contributed by atoms with E-state index in [0.29, 0.717) is 5.96 Å². The molecular formula is C16H23ClIN3S. The first-order valence-electron chi connectivity index (χ1n) is 7.59. The summed E-state index contributed by atoms with van der Waals surface area (Å²) in [5.74, 6) is 2.99. The van der Waals surface area contributed by atoms with Crippen molar-refractivity contribution in [2.75, 3.05) is 31.1 Å². The Bertz CT molecular complexity index is 528. The highest BCUT2D eigenvalue weighted by Gasteiger charge is 2.40. The monoisotopic (exact) mass is 451 g/mol. The highest BCUT2D eigenvalue weighted by molar-refractivity contribution is 14.0. The minimum absolute atomic E-state index is 0. The van der Waals surface area contributed by atoms with E-state index in [1.807, 2.05) is 23.9 Å². The normalized spacial score (nSPS) is 21.0. The number of halogens is 2. The maximum absolute atomic E-state index is 6.39. The van der Waals surface area contributed by atoms with Crippen LogP contribution in [-0.4, -0.2) is 42.0 Å². The van der Waals surface area contributed by atoms with Crippen molar-refractivity contribution in [3.05, 3.63) is 34.9 Å². The van der Waals surface area contributed by atoms with Crippen molar-refractivity contribution < 1.29 is 0 Å². The topological polar surface area (TPSA) is 41.6 Å². The summed E-state index contributed by atoms with van der Waals surface area (Å²) >= 11 is 8.38. The number of thioether (sulfide) groups is 1. The van der Waals surface area contributed by atoms with Gasteiger partial charge in [-0.3, -0.25) is 4.99 Å². The van der Waals surface area contributed by atoms with Gasteiger partial charge in [-0.25, -0.2) is 0 Å². The van der Waals surface area contributed by atoms with Crippen molar-refractivity contribution in [3.8, 4) is 0 Å². The van der Waals surface area contributed by atoms with Gasteiger partial charge in [0.25, 0.3) is 0 Å². The Morgan fingerprint density at radius 3 is 2.55 bits per heavy atom. The molecule has 3 rings (SSSR count). The summed E-state index contributed by atoms with van der Waals surface area (Å²) in [5, 5.41) is 0.861. The standard InChI is InChI=1S/C16H22ClN3S.HI/c17-14-5-2-1-4-13(14)16(6-3-7-16)12-19-15(18)20-8-10-21-11-9-20;/h1-2,4-5H,3,6-12H2,(H2,18,19);1H. The van der Waals surface area contributed by atoms with Crippen LogP contribution in [0.5, 0.6) is 0 Å². The number of rotatable bonds is 3. The molecule has 2 fully saturated rings. The minimum Gasteiger partial charge on any atom is -0.370 e. The number of hydrogen-bond donors (Lipinski definition) is 1. The molecule has 1 heterocycles. The molecule has 0 amide bonds. The molecule has 1 aliphatic heterocycles. The van der Waals surface area contributed by atoms with Crippen LogP contribution in [0, 0.1) is 0 Å². The molecule has 1 aromatic rings. The summed E-state index contributed by atoms with van der Waals surface area (Å²) in [4.78, 5) is 6.92. The Hall–Kier alpha value is -0.140. The van der Waals surface area contributed by atoms with E-state index >= 15 is 0 Å². The Labute approximate surface area is 159 Å². The summed E-state index contributed by atoms with van der Waals surface area (Å²) in [7, 11) is 0. The van der Waals surface area contributed by atoms with Crippen molar-refractivity contribution in [1.29, 1.82) is 0 Å². The maximum Gasteiger partial charge on any atom is 0.191 e. The third-order valence-electron chi connectivity index (χ3n) is 4.63. The van der Waals surface area contributed by atoms with Crippen LogP contribution in [0.3, 0.4) is 0 Å². The summed E-state index contributed by atoms with van der Waals surface area (Å²) in [6, 6.07) is 8.17. The van der Waals surface area contributed by atoms with E-state index in [-0.39, 0.29) is 29.4 Å². The lowest BCUT2D eigenvalue weighted by atomic mass is 9.64. The van der Waals surface area contributed by atoms with Gasteiger partial charge in [-0.2, -0.15) is 11.8 Å². The van der Waals surface area contributed by atoms with Crippen molar-refractivity contribution in [3.63, 3.8) is 0 Å². The first-order chi connectivity index (χ1) is 10.2. The molecule has 1 aliphatic carbocycles. The zero-order valence-electron chi connectivity index (χ0n) is 12.6. The lowest BCUT2D eigenvalue weighted by Gasteiger charge is -2.42. The van der Waals surface area contributed by atoms with E-state index in [1.165, 1.54) is 12.0 Å². The zero-order valence-corrected chi connectivity index (χ0v) is 16.5. The van der Waals surface area contributed by atoms with Gasteiger partial charge in [0.05, 0.1) is 6.54 Å².